The molecule has 1 spiro atoms. The van der Waals surface area contributed by atoms with Crippen LogP contribution in [0.3, 0.4) is 0 Å². The molecule has 0 aromatic heterocycles. The number of likely N-dealkylation sites (N-methyl/N-ethyl adjacent to an activating group) is 1. The standard InChI is InChI=1S/C25H32FN3O4S/c1-17(2)24(31)22-12-19(8-9-23(22)30)15-28-11-10-25(14-18(28)3)16-27(4)34(32,33)29(25)21-7-5-6-20(26)13-21/h5-9,12-13,17-18,30H,10-11,14-16H2,1-4H3/t18-,25+/m0/s1. The zero-order valence-corrected chi connectivity index (χ0v) is 20.8. The van der Waals surface area contributed by atoms with Gasteiger partial charge >= 0.3 is 10.2 Å². The number of aromatic hydroxyl groups is 1. The van der Waals surface area contributed by atoms with Crippen LogP contribution in [-0.2, 0) is 16.8 Å². The molecule has 2 atom stereocenters. The number of rotatable bonds is 5. The molecule has 2 aromatic rings. The summed E-state index contributed by atoms with van der Waals surface area (Å²) in [6.07, 6.45) is 1.18. The first-order valence-corrected chi connectivity index (χ1v) is 13.0. The predicted molar refractivity (Wildman–Crippen MR) is 130 cm³/mol. The van der Waals surface area contributed by atoms with Crippen molar-refractivity contribution in [2.75, 3.05) is 24.4 Å². The van der Waals surface area contributed by atoms with Gasteiger partial charge in [0, 0.05) is 38.6 Å². The van der Waals surface area contributed by atoms with Gasteiger partial charge in [0.1, 0.15) is 11.6 Å². The minimum atomic E-state index is -3.76. The van der Waals surface area contributed by atoms with Crippen LogP contribution in [-0.4, -0.2) is 60.2 Å². The number of carbonyl (C=O) groups is 1. The van der Waals surface area contributed by atoms with Crippen molar-refractivity contribution < 1.29 is 22.7 Å². The maximum Gasteiger partial charge on any atom is 0.304 e. The average molecular weight is 490 g/mol. The fourth-order valence-corrected chi connectivity index (χ4v) is 7.07. The fourth-order valence-electron chi connectivity index (χ4n) is 5.29. The highest BCUT2D eigenvalue weighted by Gasteiger charge is 2.55. The van der Waals surface area contributed by atoms with Gasteiger partial charge in [0.2, 0.25) is 0 Å². The number of phenols is 1. The SMILES string of the molecule is CC(C)C(=O)c1cc(CN2CC[C@@]3(C[C@@H]2C)CN(C)S(=O)(=O)N3c2cccc(F)c2)ccc1O. The van der Waals surface area contributed by atoms with E-state index in [1.165, 1.54) is 26.8 Å². The molecule has 0 saturated carbocycles. The van der Waals surface area contributed by atoms with Gasteiger partial charge < -0.3 is 5.11 Å². The molecule has 2 aromatic carbocycles. The second-order valence-electron chi connectivity index (χ2n) is 9.88. The molecular formula is C25H32FN3O4S. The third kappa shape index (κ3) is 4.32. The first-order valence-electron chi connectivity index (χ1n) is 11.6. The zero-order chi connectivity index (χ0) is 24.8. The second kappa shape index (κ2) is 8.94. The molecule has 0 bridgehead atoms. The quantitative estimate of drug-likeness (QED) is 0.647. The van der Waals surface area contributed by atoms with Gasteiger partial charge in [-0.3, -0.25) is 14.0 Å². The molecule has 0 unspecified atom stereocenters. The maximum atomic E-state index is 14.0. The van der Waals surface area contributed by atoms with Gasteiger partial charge in [-0.25, -0.2) is 4.39 Å². The number of nitrogens with zero attached hydrogens (tertiary/aromatic N) is 3. The first-order chi connectivity index (χ1) is 15.9. The Kier molecular flexibility index (Phi) is 6.48. The van der Waals surface area contributed by atoms with Crippen molar-refractivity contribution in [2.45, 2.75) is 51.7 Å². The van der Waals surface area contributed by atoms with Gasteiger partial charge in [-0.1, -0.05) is 26.0 Å². The van der Waals surface area contributed by atoms with E-state index in [2.05, 4.69) is 11.8 Å². The highest BCUT2D eigenvalue weighted by Crippen LogP contribution is 2.44. The number of halogens is 1. The third-order valence-corrected chi connectivity index (χ3v) is 8.99. The molecule has 2 heterocycles. The number of likely N-dealkylation sites (tertiary alicyclic amines) is 1. The summed E-state index contributed by atoms with van der Waals surface area (Å²) in [5.41, 5.74) is 0.933. The lowest BCUT2D eigenvalue weighted by Crippen LogP contribution is -2.57. The summed E-state index contributed by atoms with van der Waals surface area (Å²) in [5.74, 6) is -0.806. The molecule has 7 nitrogen and oxygen atoms in total. The summed E-state index contributed by atoms with van der Waals surface area (Å²) in [5, 5.41) is 10.2. The number of hydrogen-bond donors (Lipinski definition) is 1. The lowest BCUT2D eigenvalue weighted by Gasteiger charge is -2.47. The van der Waals surface area contributed by atoms with E-state index >= 15 is 0 Å². The van der Waals surface area contributed by atoms with Crippen molar-refractivity contribution in [1.29, 1.82) is 0 Å². The lowest BCUT2D eigenvalue weighted by molar-refractivity contribution is 0.0935. The first kappa shape index (κ1) is 24.6. The van der Waals surface area contributed by atoms with Crippen LogP contribution >= 0.6 is 0 Å². The number of Topliss-reactive ketones (excluding diaryl/α,β-unsaturated/α-hetero) is 1. The number of benzene rings is 2. The van der Waals surface area contributed by atoms with E-state index in [0.29, 0.717) is 43.7 Å². The topological polar surface area (TPSA) is 81.2 Å². The van der Waals surface area contributed by atoms with Gasteiger partial charge in [0.15, 0.2) is 5.78 Å². The van der Waals surface area contributed by atoms with Crippen molar-refractivity contribution in [3.8, 4) is 5.75 Å². The Bertz CT molecular complexity index is 1200. The van der Waals surface area contributed by atoms with Crippen LogP contribution < -0.4 is 4.31 Å². The molecule has 0 aliphatic carbocycles. The zero-order valence-electron chi connectivity index (χ0n) is 20.0. The van der Waals surface area contributed by atoms with Gasteiger partial charge in [-0.15, -0.1) is 0 Å². The van der Waals surface area contributed by atoms with Crippen molar-refractivity contribution in [3.63, 3.8) is 0 Å². The summed E-state index contributed by atoms with van der Waals surface area (Å²) in [6.45, 7) is 7.24. The molecule has 0 radical (unpaired) electrons. The van der Waals surface area contributed by atoms with E-state index in [1.54, 1.807) is 39.1 Å². The summed E-state index contributed by atoms with van der Waals surface area (Å²) in [4.78, 5) is 14.7. The van der Waals surface area contributed by atoms with Gasteiger partial charge in [-0.2, -0.15) is 12.7 Å². The molecule has 2 aliphatic rings. The van der Waals surface area contributed by atoms with E-state index in [-0.39, 0.29) is 23.5 Å². The molecule has 34 heavy (non-hydrogen) atoms. The Morgan fingerprint density at radius 1 is 1.24 bits per heavy atom. The highest BCUT2D eigenvalue weighted by atomic mass is 32.2. The number of carbonyl (C=O) groups excluding carboxylic acids is 1. The van der Waals surface area contributed by atoms with Crippen LogP contribution in [0.4, 0.5) is 10.1 Å². The largest absolute Gasteiger partial charge is 0.507 e. The number of piperidine rings is 1. The summed E-state index contributed by atoms with van der Waals surface area (Å²) >= 11 is 0. The van der Waals surface area contributed by atoms with Crippen LogP contribution in [0.1, 0.15) is 49.5 Å². The number of anilines is 1. The number of phenolic OH excluding ortho intramolecular Hbond substituents is 1. The van der Waals surface area contributed by atoms with E-state index in [0.717, 1.165) is 5.56 Å². The normalized spacial score (nSPS) is 25.4. The summed E-state index contributed by atoms with van der Waals surface area (Å²) in [7, 11) is -2.19. The smallest absolute Gasteiger partial charge is 0.304 e. The lowest BCUT2D eigenvalue weighted by atomic mass is 9.82. The maximum absolute atomic E-state index is 14.0. The van der Waals surface area contributed by atoms with Crippen molar-refractivity contribution >= 4 is 21.7 Å². The van der Waals surface area contributed by atoms with Crippen LogP contribution in [0.15, 0.2) is 42.5 Å². The molecule has 4 rings (SSSR count). The average Bonchev–Trinajstić information content (AvgIpc) is 2.95. The van der Waals surface area contributed by atoms with Crippen LogP contribution in [0.2, 0.25) is 0 Å². The molecule has 184 valence electrons. The molecule has 2 fully saturated rings. The van der Waals surface area contributed by atoms with Crippen molar-refractivity contribution in [3.05, 3.63) is 59.4 Å². The Morgan fingerprint density at radius 3 is 2.62 bits per heavy atom. The molecule has 2 saturated heterocycles. The monoisotopic (exact) mass is 489 g/mol. The Balaban J connectivity index is 1.58. The minimum Gasteiger partial charge on any atom is -0.507 e. The van der Waals surface area contributed by atoms with E-state index in [9.17, 15) is 22.7 Å². The number of hydrogen-bond acceptors (Lipinski definition) is 5. The summed E-state index contributed by atoms with van der Waals surface area (Å²) < 4.78 is 43.2. The van der Waals surface area contributed by atoms with Gasteiger partial charge in [0.05, 0.1) is 16.8 Å². The van der Waals surface area contributed by atoms with E-state index < -0.39 is 21.6 Å². The minimum absolute atomic E-state index is 0.0157. The molecular weight excluding hydrogens is 457 g/mol. The van der Waals surface area contributed by atoms with E-state index in [1.807, 2.05) is 6.07 Å². The molecule has 1 N–H and O–H groups in total. The third-order valence-electron chi connectivity index (χ3n) is 7.01. The molecule has 9 heteroatoms. The molecule has 0 amide bonds. The van der Waals surface area contributed by atoms with Crippen LogP contribution in [0.25, 0.3) is 0 Å². The Morgan fingerprint density at radius 2 is 1.97 bits per heavy atom. The Hall–Kier alpha value is -2.49. The summed E-state index contributed by atoms with van der Waals surface area (Å²) in [6, 6.07) is 10.9. The van der Waals surface area contributed by atoms with Gasteiger partial charge in [-0.05, 0) is 55.7 Å². The fraction of sp³-hybridized carbons (Fsp3) is 0.480. The highest BCUT2D eigenvalue weighted by molar-refractivity contribution is 7.90. The van der Waals surface area contributed by atoms with Gasteiger partial charge in [0.25, 0.3) is 0 Å². The predicted octanol–water partition coefficient (Wildman–Crippen LogP) is 3.79. The van der Waals surface area contributed by atoms with Crippen molar-refractivity contribution in [1.82, 2.24) is 9.21 Å². The van der Waals surface area contributed by atoms with E-state index in [4.69, 9.17) is 0 Å². The molecule has 2 aliphatic heterocycles. The van der Waals surface area contributed by atoms with Crippen LogP contribution in [0, 0.1) is 11.7 Å². The number of ketones is 1. The van der Waals surface area contributed by atoms with Crippen LogP contribution in [0.5, 0.6) is 5.75 Å². The Labute approximate surface area is 201 Å². The van der Waals surface area contributed by atoms with Crippen molar-refractivity contribution in [2.24, 2.45) is 5.92 Å². The second-order valence-corrected chi connectivity index (χ2v) is 11.8.